The minimum Gasteiger partial charge on any atom is -0.497 e. The highest BCUT2D eigenvalue weighted by Gasteiger charge is 2.26. The van der Waals surface area contributed by atoms with Crippen LogP contribution in [0.15, 0.2) is 48.5 Å². The van der Waals surface area contributed by atoms with E-state index in [1.807, 2.05) is 12.1 Å². The normalized spacial score (nSPS) is 18.4. The number of amides is 1. The largest absolute Gasteiger partial charge is 0.497 e. The van der Waals surface area contributed by atoms with E-state index >= 15 is 0 Å². The van der Waals surface area contributed by atoms with Gasteiger partial charge in [-0.15, -0.1) is 0 Å². The Bertz CT molecular complexity index is 1160. The summed E-state index contributed by atoms with van der Waals surface area (Å²) in [7, 11) is 3.38. The number of rotatable bonds is 6. The Balaban J connectivity index is 1.48. The van der Waals surface area contributed by atoms with Crippen molar-refractivity contribution in [3.8, 4) is 17.0 Å². The third-order valence-electron chi connectivity index (χ3n) is 6.91. The second kappa shape index (κ2) is 9.89. The number of ether oxygens (including phenoxy) is 2. The van der Waals surface area contributed by atoms with Gasteiger partial charge in [-0.25, -0.2) is 4.98 Å². The van der Waals surface area contributed by atoms with Crippen molar-refractivity contribution in [1.29, 1.82) is 0 Å². The summed E-state index contributed by atoms with van der Waals surface area (Å²) in [6.07, 6.45) is 1.58. The molecule has 1 atom stereocenters. The minimum absolute atomic E-state index is 0.109. The van der Waals surface area contributed by atoms with Gasteiger partial charge < -0.3 is 24.6 Å². The van der Waals surface area contributed by atoms with Crippen LogP contribution < -0.4 is 19.9 Å². The van der Waals surface area contributed by atoms with Gasteiger partial charge in [-0.05, 0) is 42.7 Å². The van der Waals surface area contributed by atoms with Crippen molar-refractivity contribution in [1.82, 2.24) is 10.3 Å². The summed E-state index contributed by atoms with van der Waals surface area (Å²) in [5.74, 6) is 1.26. The van der Waals surface area contributed by atoms with Gasteiger partial charge >= 0.3 is 0 Å². The van der Waals surface area contributed by atoms with Gasteiger partial charge in [0.15, 0.2) is 0 Å². The molecule has 1 amide bonds. The molecule has 1 aromatic heterocycles. The maximum Gasteiger partial charge on any atom is 0.220 e. The molecule has 7 nitrogen and oxygen atoms in total. The molecule has 178 valence electrons. The van der Waals surface area contributed by atoms with Crippen LogP contribution in [0.2, 0.25) is 0 Å². The minimum atomic E-state index is 0.109. The lowest BCUT2D eigenvalue weighted by Crippen LogP contribution is -2.36. The number of anilines is 2. The molecule has 3 aromatic rings. The number of benzene rings is 2. The van der Waals surface area contributed by atoms with Gasteiger partial charge in [0, 0.05) is 68.0 Å². The Morgan fingerprint density at radius 1 is 1.09 bits per heavy atom. The molecule has 2 aromatic carbocycles. The molecule has 2 aliphatic rings. The fraction of sp³-hybridized carbons (Fsp3) is 0.407. The molecule has 5 rings (SSSR count). The van der Waals surface area contributed by atoms with Crippen LogP contribution in [0, 0.1) is 5.92 Å². The van der Waals surface area contributed by atoms with Crippen LogP contribution in [0.4, 0.5) is 11.4 Å². The van der Waals surface area contributed by atoms with E-state index in [2.05, 4.69) is 51.5 Å². The molecule has 2 fully saturated rings. The predicted molar refractivity (Wildman–Crippen MR) is 136 cm³/mol. The molecule has 2 aliphatic heterocycles. The summed E-state index contributed by atoms with van der Waals surface area (Å²) in [6, 6.07) is 16.9. The fourth-order valence-electron chi connectivity index (χ4n) is 4.97. The quantitative estimate of drug-likeness (QED) is 0.605. The molecular weight excluding hydrogens is 428 g/mol. The number of morpholine rings is 1. The van der Waals surface area contributed by atoms with Crippen LogP contribution in [0.5, 0.6) is 5.75 Å². The van der Waals surface area contributed by atoms with E-state index in [9.17, 15) is 4.79 Å². The SMILES string of the molecule is CNC(=O)C[C@H]1CCN(c2cc(-c3ccc(N4CCOCC4)cc3)nc3cc(OC)ccc23)C1. The molecule has 0 saturated carbocycles. The number of nitrogens with zero attached hydrogens (tertiary/aromatic N) is 3. The smallest absolute Gasteiger partial charge is 0.220 e. The highest BCUT2D eigenvalue weighted by Crippen LogP contribution is 2.36. The number of fused-ring (bicyclic) bond motifs is 1. The predicted octanol–water partition coefficient (Wildman–Crippen LogP) is 3.71. The molecule has 0 spiro atoms. The fourth-order valence-corrected chi connectivity index (χ4v) is 4.97. The van der Waals surface area contributed by atoms with Crippen molar-refractivity contribution in [2.75, 3.05) is 63.4 Å². The second-order valence-electron chi connectivity index (χ2n) is 9.03. The summed E-state index contributed by atoms with van der Waals surface area (Å²) >= 11 is 0. The third kappa shape index (κ3) is 4.66. The number of nitrogens with one attached hydrogen (secondary N) is 1. The maximum absolute atomic E-state index is 11.9. The average molecular weight is 461 g/mol. The van der Waals surface area contributed by atoms with Crippen LogP contribution in [-0.4, -0.2) is 64.4 Å². The van der Waals surface area contributed by atoms with Crippen LogP contribution >= 0.6 is 0 Å². The maximum atomic E-state index is 11.9. The van der Waals surface area contributed by atoms with E-state index in [1.54, 1.807) is 14.2 Å². The van der Waals surface area contributed by atoms with Gasteiger partial charge in [0.05, 0.1) is 31.5 Å². The molecule has 7 heteroatoms. The van der Waals surface area contributed by atoms with Crippen LogP contribution in [0.3, 0.4) is 0 Å². The van der Waals surface area contributed by atoms with Crippen molar-refractivity contribution >= 4 is 28.2 Å². The first-order valence-electron chi connectivity index (χ1n) is 12.0. The highest BCUT2D eigenvalue weighted by molar-refractivity contribution is 5.95. The Hall–Kier alpha value is -3.32. The van der Waals surface area contributed by atoms with E-state index in [-0.39, 0.29) is 5.91 Å². The number of hydrogen-bond acceptors (Lipinski definition) is 6. The number of carbonyl (C=O) groups is 1. The van der Waals surface area contributed by atoms with Crippen molar-refractivity contribution in [2.24, 2.45) is 5.92 Å². The van der Waals surface area contributed by atoms with Gasteiger partial charge in [-0.2, -0.15) is 0 Å². The molecule has 0 radical (unpaired) electrons. The first-order chi connectivity index (χ1) is 16.6. The number of pyridine rings is 1. The molecule has 0 unspecified atom stereocenters. The van der Waals surface area contributed by atoms with E-state index in [0.717, 1.165) is 73.7 Å². The molecule has 34 heavy (non-hydrogen) atoms. The van der Waals surface area contributed by atoms with E-state index in [1.165, 1.54) is 11.4 Å². The standard InChI is InChI=1S/C27H32N4O3/c1-28-27(32)15-19-9-10-31(18-19)26-17-24(29-25-16-22(33-2)7-8-23(25)26)20-3-5-21(6-4-20)30-11-13-34-14-12-30/h3-8,16-17,19H,9-15,18H2,1-2H3,(H,28,32)/t19-/m1/s1. The van der Waals surface area contributed by atoms with Crippen LogP contribution in [0.1, 0.15) is 12.8 Å². The number of hydrogen-bond donors (Lipinski definition) is 1. The van der Waals surface area contributed by atoms with Crippen molar-refractivity contribution < 1.29 is 14.3 Å². The summed E-state index contributed by atoms with van der Waals surface area (Å²) in [5, 5.41) is 3.86. The second-order valence-corrected chi connectivity index (χ2v) is 9.03. The Morgan fingerprint density at radius 2 is 1.88 bits per heavy atom. The molecule has 3 heterocycles. The Labute approximate surface area is 200 Å². The van der Waals surface area contributed by atoms with E-state index < -0.39 is 0 Å². The Kier molecular flexibility index (Phi) is 6.54. The van der Waals surface area contributed by atoms with Gasteiger partial charge in [0.2, 0.25) is 5.91 Å². The van der Waals surface area contributed by atoms with E-state index in [4.69, 9.17) is 14.5 Å². The monoisotopic (exact) mass is 460 g/mol. The molecule has 2 saturated heterocycles. The van der Waals surface area contributed by atoms with Gasteiger partial charge in [-0.1, -0.05) is 12.1 Å². The number of aromatic nitrogens is 1. The van der Waals surface area contributed by atoms with E-state index in [0.29, 0.717) is 12.3 Å². The molecule has 1 N–H and O–H groups in total. The third-order valence-corrected chi connectivity index (χ3v) is 6.91. The number of carbonyl (C=O) groups excluding carboxylic acids is 1. The summed E-state index contributed by atoms with van der Waals surface area (Å²) in [4.78, 5) is 21.7. The molecule has 0 bridgehead atoms. The van der Waals surface area contributed by atoms with Crippen LogP contribution in [-0.2, 0) is 9.53 Å². The lowest BCUT2D eigenvalue weighted by atomic mass is 10.0. The highest BCUT2D eigenvalue weighted by atomic mass is 16.5. The average Bonchev–Trinajstić information content (AvgIpc) is 3.36. The topological polar surface area (TPSA) is 66.9 Å². The van der Waals surface area contributed by atoms with Gasteiger partial charge in [0.1, 0.15) is 5.75 Å². The van der Waals surface area contributed by atoms with Gasteiger partial charge in [-0.3, -0.25) is 4.79 Å². The van der Waals surface area contributed by atoms with Crippen LogP contribution in [0.25, 0.3) is 22.2 Å². The number of methoxy groups -OCH3 is 1. The lowest BCUT2D eigenvalue weighted by Gasteiger charge is -2.29. The first-order valence-corrected chi connectivity index (χ1v) is 12.0. The Morgan fingerprint density at radius 3 is 2.62 bits per heavy atom. The molecule has 0 aliphatic carbocycles. The van der Waals surface area contributed by atoms with Crippen molar-refractivity contribution in [3.63, 3.8) is 0 Å². The summed E-state index contributed by atoms with van der Waals surface area (Å²) < 4.78 is 11.0. The molecular formula is C27H32N4O3. The first kappa shape index (κ1) is 22.5. The van der Waals surface area contributed by atoms with Gasteiger partial charge in [0.25, 0.3) is 0 Å². The summed E-state index contributed by atoms with van der Waals surface area (Å²) in [5.41, 5.74) is 5.33. The summed E-state index contributed by atoms with van der Waals surface area (Å²) in [6.45, 7) is 5.19. The zero-order chi connectivity index (χ0) is 23.5. The zero-order valence-electron chi connectivity index (χ0n) is 19.9. The van der Waals surface area contributed by atoms with Crippen molar-refractivity contribution in [3.05, 3.63) is 48.5 Å². The van der Waals surface area contributed by atoms with Crippen molar-refractivity contribution in [2.45, 2.75) is 12.8 Å². The zero-order valence-corrected chi connectivity index (χ0v) is 19.9. The lowest BCUT2D eigenvalue weighted by molar-refractivity contribution is -0.121.